The van der Waals surface area contributed by atoms with E-state index in [9.17, 15) is 9.90 Å². The minimum absolute atomic E-state index is 0.00891. The summed E-state index contributed by atoms with van der Waals surface area (Å²) in [7, 11) is 0. The summed E-state index contributed by atoms with van der Waals surface area (Å²) < 4.78 is 5.36. The zero-order chi connectivity index (χ0) is 14.5. The van der Waals surface area contributed by atoms with Gasteiger partial charge in [0.25, 0.3) is 0 Å². The quantitative estimate of drug-likeness (QED) is 0.879. The second-order valence-corrected chi connectivity index (χ2v) is 5.39. The number of ether oxygens (including phenoxy) is 1. The van der Waals surface area contributed by atoms with Crippen LogP contribution in [-0.2, 0) is 4.74 Å². The van der Waals surface area contributed by atoms with Crippen molar-refractivity contribution in [1.82, 2.24) is 4.90 Å². The van der Waals surface area contributed by atoms with Crippen LogP contribution >= 0.6 is 11.6 Å². The minimum Gasteiger partial charge on any atom is -0.396 e. The molecule has 0 saturated carbocycles. The monoisotopic (exact) mass is 298 g/mol. The molecule has 2 N–H and O–H groups in total. The van der Waals surface area contributed by atoms with Gasteiger partial charge in [0.1, 0.15) is 0 Å². The van der Waals surface area contributed by atoms with E-state index in [2.05, 4.69) is 5.32 Å². The fourth-order valence-corrected chi connectivity index (χ4v) is 2.27. The molecule has 1 fully saturated rings. The Morgan fingerprint density at radius 2 is 2.40 bits per heavy atom. The molecule has 1 heterocycles. The van der Waals surface area contributed by atoms with Gasteiger partial charge in [0.05, 0.1) is 23.9 Å². The second kappa shape index (κ2) is 6.92. The van der Waals surface area contributed by atoms with Crippen LogP contribution in [0.3, 0.4) is 0 Å². The van der Waals surface area contributed by atoms with E-state index in [1.807, 2.05) is 19.1 Å². The summed E-state index contributed by atoms with van der Waals surface area (Å²) in [4.78, 5) is 13.9. The fraction of sp³-hybridized carbons (Fsp3) is 0.500. The van der Waals surface area contributed by atoms with Gasteiger partial charge in [-0.25, -0.2) is 4.79 Å². The lowest BCUT2D eigenvalue weighted by atomic mass is 10.1. The number of urea groups is 1. The number of nitrogens with zero attached hydrogens (tertiary/aromatic N) is 1. The molecule has 2 rings (SSSR count). The van der Waals surface area contributed by atoms with Crippen molar-refractivity contribution in [3.05, 3.63) is 28.8 Å². The smallest absolute Gasteiger partial charge is 0.321 e. The molecule has 110 valence electrons. The predicted molar refractivity (Wildman–Crippen MR) is 78.2 cm³/mol. The average Bonchev–Trinajstić information content (AvgIpc) is 2.68. The van der Waals surface area contributed by atoms with E-state index in [4.69, 9.17) is 16.3 Å². The number of hydrogen-bond donors (Lipinski definition) is 2. The van der Waals surface area contributed by atoms with Crippen molar-refractivity contribution in [2.75, 3.05) is 38.2 Å². The van der Waals surface area contributed by atoms with E-state index in [-0.39, 0.29) is 18.6 Å². The number of aliphatic hydroxyl groups excluding tert-OH is 1. The van der Waals surface area contributed by atoms with Crippen molar-refractivity contribution in [2.45, 2.75) is 6.92 Å². The first kappa shape index (κ1) is 15.1. The maximum absolute atomic E-state index is 12.3. The molecule has 0 aliphatic carbocycles. The third-order valence-electron chi connectivity index (χ3n) is 3.25. The van der Waals surface area contributed by atoms with Crippen LogP contribution in [-0.4, -0.2) is 48.9 Å². The van der Waals surface area contributed by atoms with E-state index in [1.165, 1.54) is 0 Å². The number of nitrogens with one attached hydrogen (secondary N) is 1. The van der Waals surface area contributed by atoms with Gasteiger partial charge in [-0.2, -0.15) is 0 Å². The molecule has 2 amide bonds. The van der Waals surface area contributed by atoms with Crippen LogP contribution in [0.2, 0.25) is 5.02 Å². The Morgan fingerprint density at radius 1 is 1.60 bits per heavy atom. The second-order valence-electron chi connectivity index (χ2n) is 4.98. The molecule has 5 nitrogen and oxygen atoms in total. The summed E-state index contributed by atoms with van der Waals surface area (Å²) in [6, 6.07) is 5.26. The Labute approximate surface area is 123 Å². The molecule has 6 heteroatoms. The van der Waals surface area contributed by atoms with Crippen LogP contribution in [0.25, 0.3) is 0 Å². The zero-order valence-corrected chi connectivity index (χ0v) is 12.2. The van der Waals surface area contributed by atoms with Gasteiger partial charge in [-0.15, -0.1) is 0 Å². The Kier molecular flexibility index (Phi) is 5.23. The van der Waals surface area contributed by atoms with E-state index < -0.39 is 0 Å². The summed E-state index contributed by atoms with van der Waals surface area (Å²) in [5.41, 5.74) is 1.62. The van der Waals surface area contributed by atoms with Crippen LogP contribution in [0.5, 0.6) is 0 Å². The number of benzene rings is 1. The van der Waals surface area contributed by atoms with E-state index in [0.717, 1.165) is 5.56 Å². The first-order valence-electron chi connectivity index (χ1n) is 6.61. The first-order chi connectivity index (χ1) is 9.60. The Bertz CT molecular complexity index is 481. The number of carbonyl (C=O) groups excluding carboxylic acids is 1. The highest BCUT2D eigenvalue weighted by Gasteiger charge is 2.22. The molecule has 1 aromatic carbocycles. The van der Waals surface area contributed by atoms with Gasteiger partial charge in [0, 0.05) is 25.6 Å². The largest absolute Gasteiger partial charge is 0.396 e. The highest BCUT2D eigenvalue weighted by atomic mass is 35.5. The maximum atomic E-state index is 12.3. The maximum Gasteiger partial charge on any atom is 0.321 e. The molecule has 0 bridgehead atoms. The van der Waals surface area contributed by atoms with Gasteiger partial charge in [0.15, 0.2) is 0 Å². The number of carbonyl (C=O) groups is 1. The molecule has 1 saturated heterocycles. The molecular weight excluding hydrogens is 280 g/mol. The number of aryl methyl sites for hydroxylation is 1. The van der Waals surface area contributed by atoms with Crippen molar-refractivity contribution < 1.29 is 14.6 Å². The van der Waals surface area contributed by atoms with Gasteiger partial charge >= 0.3 is 6.03 Å². The highest BCUT2D eigenvalue weighted by Crippen LogP contribution is 2.23. The SMILES string of the molecule is Cc1ccc(Cl)c(NC(=O)N2CCOC[C@H](CO)C2)c1. The lowest BCUT2D eigenvalue weighted by molar-refractivity contribution is 0.0958. The number of hydrogen-bond acceptors (Lipinski definition) is 3. The summed E-state index contributed by atoms with van der Waals surface area (Å²) in [5, 5.41) is 12.5. The number of aliphatic hydroxyl groups is 1. The average molecular weight is 299 g/mol. The normalized spacial score (nSPS) is 19.6. The van der Waals surface area contributed by atoms with Crippen molar-refractivity contribution in [1.29, 1.82) is 0 Å². The van der Waals surface area contributed by atoms with Gasteiger partial charge in [-0.05, 0) is 24.6 Å². The van der Waals surface area contributed by atoms with E-state index >= 15 is 0 Å². The van der Waals surface area contributed by atoms with Crippen LogP contribution < -0.4 is 5.32 Å². The molecule has 0 spiro atoms. The van der Waals surface area contributed by atoms with Crippen LogP contribution in [0, 0.1) is 12.8 Å². The Morgan fingerprint density at radius 3 is 3.15 bits per heavy atom. The van der Waals surface area contributed by atoms with Crippen LogP contribution in [0.1, 0.15) is 5.56 Å². The topological polar surface area (TPSA) is 61.8 Å². The highest BCUT2D eigenvalue weighted by molar-refractivity contribution is 6.33. The van der Waals surface area contributed by atoms with Gasteiger partial charge in [-0.3, -0.25) is 0 Å². The van der Waals surface area contributed by atoms with E-state index in [0.29, 0.717) is 37.0 Å². The number of halogens is 1. The molecule has 0 aromatic heterocycles. The summed E-state index contributed by atoms with van der Waals surface area (Å²) in [6.45, 7) is 3.89. The lowest BCUT2D eigenvalue weighted by Gasteiger charge is -2.23. The third kappa shape index (κ3) is 3.85. The molecule has 1 aliphatic rings. The molecule has 0 unspecified atom stereocenters. The van der Waals surface area contributed by atoms with Gasteiger partial charge in [-0.1, -0.05) is 17.7 Å². The first-order valence-corrected chi connectivity index (χ1v) is 6.98. The zero-order valence-electron chi connectivity index (χ0n) is 11.4. The number of amides is 2. The minimum atomic E-state index is -0.221. The molecule has 20 heavy (non-hydrogen) atoms. The van der Waals surface area contributed by atoms with Crippen LogP contribution in [0.15, 0.2) is 18.2 Å². The summed E-state index contributed by atoms with van der Waals surface area (Å²) in [6.07, 6.45) is 0. The molecule has 1 aliphatic heterocycles. The predicted octanol–water partition coefficient (Wildman–Crippen LogP) is 2.12. The molecule has 0 radical (unpaired) electrons. The summed E-state index contributed by atoms with van der Waals surface area (Å²) >= 11 is 6.07. The van der Waals surface area contributed by atoms with Gasteiger partial charge in [0.2, 0.25) is 0 Å². The van der Waals surface area contributed by atoms with Crippen molar-refractivity contribution in [3.8, 4) is 0 Å². The lowest BCUT2D eigenvalue weighted by Crippen LogP contribution is -2.39. The molecular formula is C14H19ClN2O3. The van der Waals surface area contributed by atoms with Gasteiger partial charge < -0.3 is 20.1 Å². The van der Waals surface area contributed by atoms with Crippen molar-refractivity contribution in [2.24, 2.45) is 5.92 Å². The Hall–Kier alpha value is -1.30. The fourth-order valence-electron chi connectivity index (χ4n) is 2.10. The standard InChI is InChI=1S/C14H19ClN2O3/c1-10-2-3-12(15)13(6-10)16-14(19)17-4-5-20-9-11(7-17)8-18/h2-3,6,11,18H,4-5,7-9H2,1H3,(H,16,19)/t11-/m0/s1. The molecule has 1 aromatic rings. The summed E-state index contributed by atoms with van der Waals surface area (Å²) in [5.74, 6) is -0.0452. The van der Waals surface area contributed by atoms with Crippen molar-refractivity contribution in [3.63, 3.8) is 0 Å². The number of rotatable bonds is 2. The van der Waals surface area contributed by atoms with Crippen LogP contribution in [0.4, 0.5) is 10.5 Å². The van der Waals surface area contributed by atoms with E-state index in [1.54, 1.807) is 11.0 Å². The van der Waals surface area contributed by atoms with Crippen molar-refractivity contribution >= 4 is 23.3 Å². The molecule has 1 atom stereocenters. The third-order valence-corrected chi connectivity index (χ3v) is 3.58. The number of anilines is 1. The Balaban J connectivity index is 2.04.